The normalized spacial score (nSPS) is 15.5. The molecular formula is C20H25FN6. The number of fused-ring (bicyclic) bond motifs is 1. The van der Waals surface area contributed by atoms with E-state index in [0.717, 1.165) is 60.8 Å². The fraction of sp³-hybridized carbons (Fsp3) is 0.400. The summed E-state index contributed by atoms with van der Waals surface area (Å²) in [7, 11) is 3.92. The van der Waals surface area contributed by atoms with Gasteiger partial charge in [0.15, 0.2) is 0 Å². The number of anilines is 2. The first-order valence-corrected chi connectivity index (χ1v) is 9.26. The molecule has 7 heteroatoms. The number of aryl methyl sites for hydroxylation is 1. The maximum atomic E-state index is 13.1. The van der Waals surface area contributed by atoms with E-state index in [1.165, 1.54) is 12.1 Å². The summed E-state index contributed by atoms with van der Waals surface area (Å²) in [5, 5.41) is 1.07. The largest absolute Gasteiger partial charge is 0.353 e. The van der Waals surface area contributed by atoms with Gasteiger partial charge in [0, 0.05) is 52.5 Å². The van der Waals surface area contributed by atoms with Crippen molar-refractivity contribution in [2.24, 2.45) is 0 Å². The number of halogens is 1. The molecular weight excluding hydrogens is 343 g/mol. The topological polar surface area (TPSA) is 51.3 Å². The van der Waals surface area contributed by atoms with Gasteiger partial charge in [-0.25, -0.2) is 4.39 Å². The van der Waals surface area contributed by atoms with Crippen LogP contribution in [0.1, 0.15) is 11.3 Å². The van der Waals surface area contributed by atoms with Crippen molar-refractivity contribution in [3.63, 3.8) is 0 Å². The highest BCUT2D eigenvalue weighted by Gasteiger charge is 2.22. The van der Waals surface area contributed by atoms with Gasteiger partial charge in [0.2, 0.25) is 5.95 Å². The zero-order chi connectivity index (χ0) is 19.0. The van der Waals surface area contributed by atoms with E-state index >= 15 is 0 Å². The minimum atomic E-state index is -0.185. The Kier molecular flexibility index (Phi) is 4.70. The maximum Gasteiger partial charge on any atom is 0.228 e. The second-order valence-electron chi connectivity index (χ2n) is 7.35. The van der Waals surface area contributed by atoms with Crippen LogP contribution >= 0.6 is 0 Å². The molecule has 1 aliphatic rings. The molecule has 1 N–H and O–H groups in total. The fourth-order valence-electron chi connectivity index (χ4n) is 3.52. The molecule has 3 heterocycles. The van der Waals surface area contributed by atoms with E-state index < -0.39 is 0 Å². The number of nitrogens with one attached hydrogen (secondary N) is 1. The summed E-state index contributed by atoms with van der Waals surface area (Å²) in [6, 6.07) is 8.90. The third kappa shape index (κ3) is 3.73. The number of piperazine rings is 1. The van der Waals surface area contributed by atoms with Gasteiger partial charge in [0.25, 0.3) is 0 Å². The maximum absolute atomic E-state index is 13.1. The number of aromatic amines is 1. The summed E-state index contributed by atoms with van der Waals surface area (Å²) in [4.78, 5) is 19.4. The van der Waals surface area contributed by atoms with Gasteiger partial charge in [-0.05, 0) is 30.7 Å². The van der Waals surface area contributed by atoms with E-state index in [1.54, 1.807) is 0 Å². The number of hydrogen-bond donors (Lipinski definition) is 1. The van der Waals surface area contributed by atoms with Crippen LogP contribution < -0.4 is 9.80 Å². The Hall–Kier alpha value is -2.67. The molecule has 2 aromatic heterocycles. The van der Waals surface area contributed by atoms with Crippen molar-refractivity contribution >= 4 is 22.8 Å². The lowest BCUT2D eigenvalue weighted by Crippen LogP contribution is -2.46. The summed E-state index contributed by atoms with van der Waals surface area (Å²) < 4.78 is 13.1. The number of H-pyrrole nitrogens is 1. The summed E-state index contributed by atoms with van der Waals surface area (Å²) in [6.45, 7) is 6.60. The minimum absolute atomic E-state index is 0.185. The Labute approximate surface area is 158 Å². The SMILES string of the molecule is Cc1cc2c(N3CCN(Cc4ccc(F)cc4)CC3)nc(N(C)C)nc2[nH]1. The van der Waals surface area contributed by atoms with E-state index in [4.69, 9.17) is 4.98 Å². The number of nitrogens with zero attached hydrogens (tertiary/aromatic N) is 5. The molecule has 27 heavy (non-hydrogen) atoms. The highest BCUT2D eigenvalue weighted by molar-refractivity contribution is 5.89. The standard InChI is InChI=1S/C20H25FN6/c1-14-12-17-18(22-14)23-20(25(2)3)24-19(17)27-10-8-26(9-11-27)13-15-4-6-16(21)7-5-15/h4-7,12H,8-11,13H2,1-3H3,(H,22,23,24). The van der Waals surface area contributed by atoms with Crippen molar-refractivity contribution in [2.75, 3.05) is 50.1 Å². The average molecular weight is 368 g/mol. The number of hydrogen-bond acceptors (Lipinski definition) is 5. The van der Waals surface area contributed by atoms with Crippen LogP contribution in [0.2, 0.25) is 0 Å². The molecule has 1 fully saturated rings. The van der Waals surface area contributed by atoms with Crippen LogP contribution in [0.5, 0.6) is 0 Å². The minimum Gasteiger partial charge on any atom is -0.353 e. The second-order valence-corrected chi connectivity index (χ2v) is 7.35. The molecule has 0 amide bonds. The van der Waals surface area contributed by atoms with Gasteiger partial charge in [0.1, 0.15) is 17.3 Å². The summed E-state index contributed by atoms with van der Waals surface area (Å²) in [5.41, 5.74) is 3.12. The Balaban J connectivity index is 1.51. The van der Waals surface area contributed by atoms with Crippen molar-refractivity contribution in [2.45, 2.75) is 13.5 Å². The number of aromatic nitrogens is 3. The molecule has 0 bridgehead atoms. The van der Waals surface area contributed by atoms with Crippen molar-refractivity contribution in [3.8, 4) is 0 Å². The first kappa shape index (κ1) is 17.7. The first-order valence-electron chi connectivity index (χ1n) is 9.26. The molecule has 1 saturated heterocycles. The summed E-state index contributed by atoms with van der Waals surface area (Å²) >= 11 is 0. The van der Waals surface area contributed by atoms with Crippen molar-refractivity contribution in [1.82, 2.24) is 19.9 Å². The quantitative estimate of drug-likeness (QED) is 0.767. The van der Waals surface area contributed by atoms with Crippen molar-refractivity contribution < 1.29 is 4.39 Å². The van der Waals surface area contributed by atoms with Crippen LogP contribution in [0.25, 0.3) is 11.0 Å². The molecule has 3 aromatic rings. The van der Waals surface area contributed by atoms with Crippen LogP contribution in [0.3, 0.4) is 0 Å². The van der Waals surface area contributed by atoms with Gasteiger partial charge < -0.3 is 14.8 Å². The molecule has 1 aliphatic heterocycles. The van der Waals surface area contributed by atoms with Crippen LogP contribution in [0.4, 0.5) is 16.2 Å². The van der Waals surface area contributed by atoms with Gasteiger partial charge in [-0.3, -0.25) is 4.90 Å². The predicted octanol–water partition coefficient (Wildman–Crippen LogP) is 2.79. The Morgan fingerprint density at radius 3 is 2.44 bits per heavy atom. The Morgan fingerprint density at radius 1 is 1.07 bits per heavy atom. The van der Waals surface area contributed by atoms with Crippen LogP contribution in [-0.2, 0) is 6.54 Å². The van der Waals surface area contributed by atoms with E-state index in [0.29, 0.717) is 5.95 Å². The van der Waals surface area contributed by atoms with E-state index in [-0.39, 0.29) is 5.82 Å². The molecule has 142 valence electrons. The van der Waals surface area contributed by atoms with Crippen molar-refractivity contribution in [3.05, 3.63) is 47.4 Å². The first-order chi connectivity index (χ1) is 13.0. The number of benzene rings is 1. The Bertz CT molecular complexity index is 926. The highest BCUT2D eigenvalue weighted by atomic mass is 19.1. The van der Waals surface area contributed by atoms with Gasteiger partial charge >= 0.3 is 0 Å². The number of rotatable bonds is 4. The Morgan fingerprint density at radius 2 is 1.78 bits per heavy atom. The van der Waals surface area contributed by atoms with E-state index in [1.807, 2.05) is 38.1 Å². The van der Waals surface area contributed by atoms with E-state index in [9.17, 15) is 4.39 Å². The van der Waals surface area contributed by atoms with E-state index in [2.05, 4.69) is 25.8 Å². The lowest BCUT2D eigenvalue weighted by Gasteiger charge is -2.35. The van der Waals surface area contributed by atoms with Crippen LogP contribution in [0.15, 0.2) is 30.3 Å². The second kappa shape index (κ2) is 7.15. The lowest BCUT2D eigenvalue weighted by molar-refractivity contribution is 0.249. The third-order valence-electron chi connectivity index (χ3n) is 4.98. The molecule has 0 saturated carbocycles. The highest BCUT2D eigenvalue weighted by Crippen LogP contribution is 2.27. The summed E-state index contributed by atoms with van der Waals surface area (Å²) in [5.74, 6) is 1.53. The van der Waals surface area contributed by atoms with Gasteiger partial charge in [-0.1, -0.05) is 12.1 Å². The lowest BCUT2D eigenvalue weighted by atomic mass is 10.2. The van der Waals surface area contributed by atoms with Gasteiger partial charge in [-0.2, -0.15) is 9.97 Å². The average Bonchev–Trinajstić information content (AvgIpc) is 3.03. The molecule has 4 rings (SSSR count). The molecule has 0 aliphatic carbocycles. The summed E-state index contributed by atoms with van der Waals surface area (Å²) in [6.07, 6.45) is 0. The third-order valence-corrected chi connectivity index (χ3v) is 4.98. The zero-order valence-electron chi connectivity index (χ0n) is 16.0. The van der Waals surface area contributed by atoms with Gasteiger partial charge in [0.05, 0.1) is 5.39 Å². The predicted molar refractivity (Wildman–Crippen MR) is 107 cm³/mol. The zero-order valence-corrected chi connectivity index (χ0v) is 16.0. The fourth-order valence-corrected chi connectivity index (χ4v) is 3.52. The molecule has 1 aromatic carbocycles. The monoisotopic (exact) mass is 368 g/mol. The smallest absolute Gasteiger partial charge is 0.228 e. The van der Waals surface area contributed by atoms with Crippen molar-refractivity contribution in [1.29, 1.82) is 0 Å². The van der Waals surface area contributed by atoms with Crippen LogP contribution in [0, 0.1) is 12.7 Å². The van der Waals surface area contributed by atoms with Crippen LogP contribution in [-0.4, -0.2) is 60.1 Å². The molecule has 0 unspecified atom stereocenters. The molecule has 0 atom stereocenters. The van der Waals surface area contributed by atoms with Gasteiger partial charge in [-0.15, -0.1) is 0 Å². The molecule has 6 nitrogen and oxygen atoms in total. The molecule has 0 radical (unpaired) electrons. The molecule has 0 spiro atoms.